The molecule has 6 heteroatoms. The van der Waals surface area contributed by atoms with Crippen LogP contribution >= 0.6 is 0 Å². The van der Waals surface area contributed by atoms with Crippen LogP contribution in [0.2, 0.25) is 0 Å². The van der Waals surface area contributed by atoms with Crippen LogP contribution in [0.15, 0.2) is 30.6 Å². The van der Waals surface area contributed by atoms with E-state index in [0.29, 0.717) is 0 Å². The summed E-state index contributed by atoms with van der Waals surface area (Å²) >= 11 is 0. The third-order valence-electron chi connectivity index (χ3n) is 4.57. The van der Waals surface area contributed by atoms with Gasteiger partial charge in [-0.05, 0) is 19.4 Å². The van der Waals surface area contributed by atoms with Gasteiger partial charge in [0, 0.05) is 38.3 Å². The van der Waals surface area contributed by atoms with E-state index in [0.717, 1.165) is 57.3 Å². The van der Waals surface area contributed by atoms with Gasteiger partial charge in [0.25, 0.3) is 0 Å². The third kappa shape index (κ3) is 4.55. The van der Waals surface area contributed by atoms with Gasteiger partial charge in [-0.2, -0.15) is 5.10 Å². The molecule has 1 atom stereocenters. The normalized spacial score (nSPS) is 17.8. The number of nitrogens with one attached hydrogen (secondary N) is 1. The molecule has 2 heterocycles. The molecule has 1 saturated heterocycles. The SMILES string of the molecule is CCC(C)Oc1ccccc1CN1CCN(Cc2ncn[nH]2)CC1. The number of hydrogen-bond acceptors (Lipinski definition) is 5. The van der Waals surface area contributed by atoms with E-state index in [-0.39, 0.29) is 6.10 Å². The van der Waals surface area contributed by atoms with Gasteiger partial charge in [-0.1, -0.05) is 25.1 Å². The van der Waals surface area contributed by atoms with Crippen molar-refractivity contribution in [3.63, 3.8) is 0 Å². The molecule has 1 fully saturated rings. The Kier molecular flexibility index (Phi) is 5.82. The molecule has 1 unspecified atom stereocenters. The summed E-state index contributed by atoms with van der Waals surface area (Å²) in [5.41, 5.74) is 1.28. The van der Waals surface area contributed by atoms with E-state index in [1.165, 1.54) is 5.56 Å². The van der Waals surface area contributed by atoms with Crippen molar-refractivity contribution in [3.05, 3.63) is 42.0 Å². The molecule has 130 valence electrons. The van der Waals surface area contributed by atoms with Crippen LogP contribution in [0.1, 0.15) is 31.7 Å². The summed E-state index contributed by atoms with van der Waals surface area (Å²) in [7, 11) is 0. The Balaban J connectivity index is 1.52. The number of aromatic nitrogens is 3. The molecule has 0 radical (unpaired) electrons. The molecule has 1 aromatic heterocycles. The maximum absolute atomic E-state index is 6.07. The number of H-pyrrole nitrogens is 1. The van der Waals surface area contributed by atoms with Crippen LogP contribution in [-0.2, 0) is 13.1 Å². The Morgan fingerprint density at radius 1 is 1.12 bits per heavy atom. The van der Waals surface area contributed by atoms with Crippen LogP contribution in [0.3, 0.4) is 0 Å². The summed E-state index contributed by atoms with van der Waals surface area (Å²) in [6.07, 6.45) is 2.85. The van der Waals surface area contributed by atoms with E-state index >= 15 is 0 Å². The largest absolute Gasteiger partial charge is 0.490 e. The molecule has 2 aromatic rings. The standard InChI is InChI=1S/C18H27N5O/c1-3-15(2)24-17-7-5-4-6-16(17)12-22-8-10-23(11-9-22)13-18-19-14-20-21-18/h4-7,14-15H,3,8-13H2,1-2H3,(H,19,20,21). The maximum Gasteiger partial charge on any atom is 0.138 e. The highest BCUT2D eigenvalue weighted by molar-refractivity contribution is 5.33. The fraction of sp³-hybridized carbons (Fsp3) is 0.556. The van der Waals surface area contributed by atoms with Crippen LogP contribution in [0, 0.1) is 0 Å². The number of para-hydroxylation sites is 1. The quantitative estimate of drug-likeness (QED) is 0.845. The number of piperazine rings is 1. The molecular formula is C18H27N5O. The predicted octanol–water partition coefficient (Wildman–Crippen LogP) is 2.30. The molecule has 3 rings (SSSR count). The van der Waals surface area contributed by atoms with Crippen LogP contribution < -0.4 is 4.74 Å². The highest BCUT2D eigenvalue weighted by atomic mass is 16.5. The van der Waals surface area contributed by atoms with Gasteiger partial charge in [0.05, 0.1) is 12.6 Å². The minimum atomic E-state index is 0.255. The zero-order valence-electron chi connectivity index (χ0n) is 14.6. The third-order valence-corrected chi connectivity index (χ3v) is 4.57. The van der Waals surface area contributed by atoms with Gasteiger partial charge in [-0.25, -0.2) is 4.98 Å². The van der Waals surface area contributed by atoms with E-state index in [9.17, 15) is 0 Å². The maximum atomic E-state index is 6.07. The summed E-state index contributed by atoms with van der Waals surface area (Å²) in [6.45, 7) is 10.3. The number of rotatable bonds is 7. The summed E-state index contributed by atoms with van der Waals surface area (Å²) in [5, 5.41) is 6.85. The smallest absolute Gasteiger partial charge is 0.138 e. The van der Waals surface area contributed by atoms with Crippen molar-refractivity contribution in [1.29, 1.82) is 0 Å². The predicted molar refractivity (Wildman–Crippen MR) is 93.8 cm³/mol. The van der Waals surface area contributed by atoms with Crippen LogP contribution in [0.4, 0.5) is 0 Å². The highest BCUT2D eigenvalue weighted by Crippen LogP contribution is 2.22. The Labute approximate surface area is 143 Å². The lowest BCUT2D eigenvalue weighted by Crippen LogP contribution is -2.45. The Morgan fingerprint density at radius 2 is 1.83 bits per heavy atom. The number of hydrogen-bond donors (Lipinski definition) is 1. The van der Waals surface area contributed by atoms with Crippen LogP contribution in [-0.4, -0.2) is 57.3 Å². The second-order valence-electron chi connectivity index (χ2n) is 6.43. The van der Waals surface area contributed by atoms with Gasteiger partial charge >= 0.3 is 0 Å². The first kappa shape index (κ1) is 16.9. The number of benzene rings is 1. The lowest BCUT2D eigenvalue weighted by atomic mass is 10.1. The molecule has 0 amide bonds. The van der Waals surface area contributed by atoms with Crippen molar-refractivity contribution < 1.29 is 4.74 Å². The van der Waals surface area contributed by atoms with E-state index < -0.39 is 0 Å². The lowest BCUT2D eigenvalue weighted by molar-refractivity contribution is 0.118. The summed E-state index contributed by atoms with van der Waals surface area (Å²) in [5.74, 6) is 1.96. The van der Waals surface area contributed by atoms with Gasteiger partial charge in [-0.15, -0.1) is 0 Å². The molecule has 24 heavy (non-hydrogen) atoms. The monoisotopic (exact) mass is 329 g/mol. The highest BCUT2D eigenvalue weighted by Gasteiger charge is 2.19. The Morgan fingerprint density at radius 3 is 2.50 bits per heavy atom. The molecule has 1 aromatic carbocycles. The summed E-state index contributed by atoms with van der Waals surface area (Å²) < 4.78 is 6.07. The summed E-state index contributed by atoms with van der Waals surface area (Å²) in [4.78, 5) is 9.12. The van der Waals surface area contributed by atoms with Crippen molar-refractivity contribution in [2.24, 2.45) is 0 Å². The van der Waals surface area contributed by atoms with Crippen molar-refractivity contribution in [3.8, 4) is 5.75 Å². The van der Waals surface area contributed by atoms with Gasteiger partial charge in [-0.3, -0.25) is 14.9 Å². The minimum absolute atomic E-state index is 0.255. The van der Waals surface area contributed by atoms with E-state index in [2.05, 4.69) is 63.1 Å². The fourth-order valence-electron chi connectivity index (χ4n) is 2.91. The van der Waals surface area contributed by atoms with Crippen molar-refractivity contribution >= 4 is 0 Å². The molecule has 0 bridgehead atoms. The molecule has 0 spiro atoms. The molecular weight excluding hydrogens is 302 g/mol. The first-order valence-electron chi connectivity index (χ1n) is 8.78. The number of ether oxygens (including phenoxy) is 1. The second kappa shape index (κ2) is 8.26. The zero-order valence-corrected chi connectivity index (χ0v) is 14.6. The fourth-order valence-corrected chi connectivity index (χ4v) is 2.91. The average molecular weight is 329 g/mol. The van der Waals surface area contributed by atoms with E-state index in [1.54, 1.807) is 6.33 Å². The molecule has 1 aliphatic rings. The molecule has 0 aliphatic carbocycles. The van der Waals surface area contributed by atoms with Crippen LogP contribution in [0.5, 0.6) is 5.75 Å². The Bertz CT molecular complexity index is 608. The topological polar surface area (TPSA) is 57.3 Å². The Hall–Kier alpha value is -1.92. The van der Waals surface area contributed by atoms with Gasteiger partial charge < -0.3 is 4.74 Å². The zero-order chi connectivity index (χ0) is 16.8. The average Bonchev–Trinajstić information content (AvgIpc) is 3.11. The number of aromatic amines is 1. The molecule has 1 N–H and O–H groups in total. The first-order valence-corrected chi connectivity index (χ1v) is 8.78. The van der Waals surface area contributed by atoms with Crippen molar-refractivity contribution in [2.45, 2.75) is 39.5 Å². The number of nitrogens with zero attached hydrogens (tertiary/aromatic N) is 4. The van der Waals surface area contributed by atoms with Crippen LogP contribution in [0.25, 0.3) is 0 Å². The molecule has 1 aliphatic heterocycles. The minimum Gasteiger partial charge on any atom is -0.490 e. The molecule has 0 saturated carbocycles. The van der Waals surface area contributed by atoms with E-state index in [4.69, 9.17) is 4.74 Å². The van der Waals surface area contributed by atoms with Crippen molar-refractivity contribution in [2.75, 3.05) is 26.2 Å². The van der Waals surface area contributed by atoms with Gasteiger partial charge in [0.2, 0.25) is 0 Å². The van der Waals surface area contributed by atoms with Crippen molar-refractivity contribution in [1.82, 2.24) is 25.0 Å². The van der Waals surface area contributed by atoms with E-state index in [1.807, 2.05) is 0 Å². The second-order valence-corrected chi connectivity index (χ2v) is 6.43. The van der Waals surface area contributed by atoms with Gasteiger partial charge in [0.1, 0.15) is 17.9 Å². The first-order chi connectivity index (χ1) is 11.7. The lowest BCUT2D eigenvalue weighted by Gasteiger charge is -2.34. The summed E-state index contributed by atoms with van der Waals surface area (Å²) in [6, 6.07) is 8.41. The molecule has 6 nitrogen and oxygen atoms in total. The van der Waals surface area contributed by atoms with Gasteiger partial charge in [0.15, 0.2) is 0 Å².